The minimum Gasteiger partial charge on any atom is -0.469 e. The van der Waals surface area contributed by atoms with E-state index in [0.29, 0.717) is 30.9 Å². The third-order valence-electron chi connectivity index (χ3n) is 3.93. The molecule has 0 aliphatic carbocycles. The highest BCUT2D eigenvalue weighted by molar-refractivity contribution is 6.01. The Kier molecular flexibility index (Phi) is 3.29. The van der Waals surface area contributed by atoms with Gasteiger partial charge in [0.1, 0.15) is 5.69 Å². The molecule has 110 valence electrons. The summed E-state index contributed by atoms with van der Waals surface area (Å²) in [5.74, 6) is -0.600. The van der Waals surface area contributed by atoms with Gasteiger partial charge in [0, 0.05) is 18.5 Å². The number of methoxy groups -OCH3 is 1. The van der Waals surface area contributed by atoms with Crippen molar-refractivity contribution in [3.63, 3.8) is 0 Å². The van der Waals surface area contributed by atoms with Gasteiger partial charge in [0.05, 0.1) is 24.2 Å². The highest BCUT2D eigenvalue weighted by atomic mass is 16.5. The van der Waals surface area contributed by atoms with E-state index < -0.39 is 0 Å². The van der Waals surface area contributed by atoms with Crippen LogP contribution >= 0.6 is 0 Å². The third kappa shape index (κ3) is 2.33. The third-order valence-corrected chi connectivity index (χ3v) is 3.93. The molecule has 0 saturated carbocycles. The number of aromatic amines is 1. The summed E-state index contributed by atoms with van der Waals surface area (Å²) in [6, 6.07) is 7.33. The van der Waals surface area contributed by atoms with Gasteiger partial charge in [0.15, 0.2) is 0 Å². The number of nitrogens with two attached hydrogens (primary N) is 1. The second-order valence-electron chi connectivity index (χ2n) is 5.25. The number of carbonyl (C=O) groups is 2. The van der Waals surface area contributed by atoms with Crippen molar-refractivity contribution in [3.05, 3.63) is 30.0 Å². The number of esters is 1. The normalized spacial score (nSPS) is 18.1. The van der Waals surface area contributed by atoms with E-state index in [1.165, 1.54) is 7.11 Å². The monoisotopic (exact) mass is 287 g/mol. The lowest BCUT2D eigenvalue weighted by Gasteiger charge is -2.14. The van der Waals surface area contributed by atoms with E-state index in [4.69, 9.17) is 10.5 Å². The summed E-state index contributed by atoms with van der Waals surface area (Å²) < 4.78 is 4.73. The Hall–Kier alpha value is -2.50. The van der Waals surface area contributed by atoms with Gasteiger partial charge < -0.3 is 20.4 Å². The molecule has 2 heterocycles. The van der Waals surface area contributed by atoms with Crippen LogP contribution in [0.2, 0.25) is 0 Å². The fraction of sp³-hybridized carbons (Fsp3) is 0.333. The fourth-order valence-corrected chi connectivity index (χ4v) is 2.77. The first-order chi connectivity index (χ1) is 10.1. The maximum atomic E-state index is 12.5. The van der Waals surface area contributed by atoms with E-state index in [-0.39, 0.29) is 17.8 Å². The van der Waals surface area contributed by atoms with E-state index in [1.54, 1.807) is 17.0 Å². The van der Waals surface area contributed by atoms with E-state index >= 15 is 0 Å². The summed E-state index contributed by atoms with van der Waals surface area (Å²) in [7, 11) is 1.37. The topological polar surface area (TPSA) is 88.4 Å². The van der Waals surface area contributed by atoms with Crippen molar-refractivity contribution < 1.29 is 14.3 Å². The second-order valence-corrected chi connectivity index (χ2v) is 5.25. The Morgan fingerprint density at radius 2 is 2.24 bits per heavy atom. The highest BCUT2D eigenvalue weighted by Gasteiger charge is 2.32. The minimum absolute atomic E-state index is 0.114. The number of likely N-dealkylation sites (tertiary alicyclic amines) is 1. The molecule has 1 fully saturated rings. The highest BCUT2D eigenvalue weighted by Crippen LogP contribution is 2.24. The number of nitrogens with one attached hydrogen (secondary N) is 1. The molecule has 1 saturated heterocycles. The first kappa shape index (κ1) is 13.5. The van der Waals surface area contributed by atoms with Crippen LogP contribution in [0.25, 0.3) is 10.9 Å². The molecule has 0 spiro atoms. The van der Waals surface area contributed by atoms with Crippen molar-refractivity contribution in [2.75, 3.05) is 25.9 Å². The van der Waals surface area contributed by atoms with E-state index in [2.05, 4.69) is 4.98 Å². The van der Waals surface area contributed by atoms with Crippen LogP contribution in [0.15, 0.2) is 24.3 Å². The summed E-state index contributed by atoms with van der Waals surface area (Å²) in [6.07, 6.45) is 0.640. The largest absolute Gasteiger partial charge is 0.469 e. The summed E-state index contributed by atoms with van der Waals surface area (Å²) in [5.41, 5.74) is 7.76. The SMILES string of the molecule is COC(=O)C1CCN(C(=O)c2cc3cccc(N)c3[nH]2)C1. The Morgan fingerprint density at radius 1 is 1.43 bits per heavy atom. The number of aromatic nitrogens is 1. The molecule has 1 aliphatic heterocycles. The van der Waals surface area contributed by atoms with E-state index in [1.807, 2.05) is 12.1 Å². The molecule has 0 bridgehead atoms. The van der Waals surface area contributed by atoms with Crippen LogP contribution in [0.5, 0.6) is 0 Å². The Morgan fingerprint density at radius 3 is 2.95 bits per heavy atom. The quantitative estimate of drug-likeness (QED) is 0.645. The molecule has 2 aromatic rings. The van der Waals surface area contributed by atoms with E-state index in [0.717, 1.165) is 10.9 Å². The van der Waals surface area contributed by atoms with Crippen molar-refractivity contribution >= 4 is 28.5 Å². The van der Waals surface area contributed by atoms with Gasteiger partial charge in [-0.15, -0.1) is 0 Å². The zero-order valence-electron chi connectivity index (χ0n) is 11.8. The number of H-pyrrole nitrogens is 1. The number of anilines is 1. The lowest BCUT2D eigenvalue weighted by molar-refractivity contribution is -0.144. The van der Waals surface area contributed by atoms with Gasteiger partial charge in [-0.3, -0.25) is 9.59 Å². The van der Waals surface area contributed by atoms with Crippen molar-refractivity contribution in [2.45, 2.75) is 6.42 Å². The second kappa shape index (κ2) is 5.12. The van der Waals surface area contributed by atoms with Crippen LogP contribution in [-0.2, 0) is 9.53 Å². The predicted molar refractivity (Wildman–Crippen MR) is 78.7 cm³/mol. The van der Waals surface area contributed by atoms with Gasteiger partial charge in [-0.2, -0.15) is 0 Å². The van der Waals surface area contributed by atoms with Crippen molar-refractivity contribution in [1.82, 2.24) is 9.88 Å². The number of hydrogen-bond acceptors (Lipinski definition) is 4. The maximum absolute atomic E-state index is 12.5. The van der Waals surface area contributed by atoms with Gasteiger partial charge in [0.25, 0.3) is 5.91 Å². The van der Waals surface area contributed by atoms with Crippen LogP contribution < -0.4 is 5.73 Å². The maximum Gasteiger partial charge on any atom is 0.310 e. The number of para-hydroxylation sites is 1. The molecular weight excluding hydrogens is 270 g/mol. The number of ether oxygens (including phenoxy) is 1. The summed E-state index contributed by atoms with van der Waals surface area (Å²) in [4.78, 5) is 28.7. The molecular formula is C15H17N3O3. The van der Waals surface area contributed by atoms with Crippen molar-refractivity contribution in [3.8, 4) is 0 Å². The van der Waals surface area contributed by atoms with Crippen molar-refractivity contribution in [1.29, 1.82) is 0 Å². The van der Waals surface area contributed by atoms with Crippen LogP contribution in [0.4, 0.5) is 5.69 Å². The Balaban J connectivity index is 1.81. The van der Waals surface area contributed by atoms with Gasteiger partial charge in [0.2, 0.25) is 0 Å². The molecule has 3 rings (SSSR count). The number of rotatable bonds is 2. The summed E-state index contributed by atoms with van der Waals surface area (Å²) in [6.45, 7) is 0.958. The van der Waals surface area contributed by atoms with Gasteiger partial charge in [-0.05, 0) is 18.6 Å². The van der Waals surface area contributed by atoms with Gasteiger partial charge >= 0.3 is 5.97 Å². The van der Waals surface area contributed by atoms with Crippen LogP contribution in [-0.4, -0.2) is 42.0 Å². The molecule has 3 N–H and O–H groups in total. The lowest BCUT2D eigenvalue weighted by atomic mass is 10.1. The fourth-order valence-electron chi connectivity index (χ4n) is 2.77. The number of fused-ring (bicyclic) bond motifs is 1. The molecule has 6 nitrogen and oxygen atoms in total. The predicted octanol–water partition coefficient (Wildman–Crippen LogP) is 1.39. The van der Waals surface area contributed by atoms with Crippen molar-refractivity contribution in [2.24, 2.45) is 5.92 Å². The molecule has 1 unspecified atom stereocenters. The summed E-state index contributed by atoms with van der Waals surface area (Å²) >= 11 is 0. The number of hydrogen-bond donors (Lipinski definition) is 2. The standard InChI is InChI=1S/C15H17N3O3/c1-21-15(20)10-5-6-18(8-10)14(19)12-7-9-3-2-4-11(16)13(9)17-12/h2-4,7,10,17H,5-6,8,16H2,1H3. The Labute approximate surface area is 121 Å². The van der Waals surface area contributed by atoms with E-state index in [9.17, 15) is 9.59 Å². The zero-order chi connectivity index (χ0) is 15.0. The molecule has 1 aromatic carbocycles. The molecule has 6 heteroatoms. The first-order valence-electron chi connectivity index (χ1n) is 6.84. The van der Waals surface area contributed by atoms with Crippen LogP contribution in [0.1, 0.15) is 16.9 Å². The summed E-state index contributed by atoms with van der Waals surface area (Å²) in [5, 5.41) is 0.905. The Bertz CT molecular complexity index is 707. The van der Waals surface area contributed by atoms with Crippen LogP contribution in [0.3, 0.4) is 0 Å². The smallest absolute Gasteiger partial charge is 0.310 e. The number of nitrogens with zero attached hydrogens (tertiary/aromatic N) is 1. The van der Waals surface area contributed by atoms with Gasteiger partial charge in [-0.1, -0.05) is 12.1 Å². The van der Waals surface area contributed by atoms with Crippen LogP contribution in [0, 0.1) is 5.92 Å². The minimum atomic E-state index is -0.258. The average Bonchev–Trinajstić information content (AvgIpc) is 3.13. The number of amides is 1. The lowest BCUT2D eigenvalue weighted by Crippen LogP contribution is -2.30. The number of nitrogen functional groups attached to an aromatic ring is 1. The molecule has 1 aliphatic rings. The average molecular weight is 287 g/mol. The first-order valence-corrected chi connectivity index (χ1v) is 6.84. The molecule has 1 atom stereocenters. The molecule has 1 amide bonds. The van der Waals surface area contributed by atoms with Gasteiger partial charge in [-0.25, -0.2) is 0 Å². The molecule has 1 aromatic heterocycles. The molecule has 21 heavy (non-hydrogen) atoms. The molecule has 0 radical (unpaired) electrons. The number of benzene rings is 1. The zero-order valence-corrected chi connectivity index (χ0v) is 11.8. The number of carbonyl (C=O) groups excluding carboxylic acids is 2.